The Labute approximate surface area is 106 Å². The molecule has 1 atom stereocenters. The lowest BCUT2D eigenvalue weighted by molar-refractivity contribution is 0.667. The average Bonchev–Trinajstić information content (AvgIpc) is 2.95. The van der Waals surface area contributed by atoms with Gasteiger partial charge in [-0.3, -0.25) is 4.99 Å². The molecular formula is C12H18N2S2. The summed E-state index contributed by atoms with van der Waals surface area (Å²) in [5.41, 5.74) is 0. The third-order valence-electron chi connectivity index (χ3n) is 2.69. The van der Waals surface area contributed by atoms with E-state index in [1.807, 2.05) is 23.1 Å². The van der Waals surface area contributed by atoms with Gasteiger partial charge in [0.05, 0.1) is 6.54 Å². The summed E-state index contributed by atoms with van der Waals surface area (Å²) in [4.78, 5) is 7.44. The van der Waals surface area contributed by atoms with Gasteiger partial charge in [0.25, 0.3) is 0 Å². The molecule has 1 aromatic rings. The van der Waals surface area contributed by atoms with Crippen LogP contribution in [0.5, 0.6) is 0 Å². The molecule has 1 aliphatic heterocycles. The lowest BCUT2D eigenvalue weighted by atomic mass is 10.3. The van der Waals surface area contributed by atoms with Crippen molar-refractivity contribution in [3.05, 3.63) is 21.9 Å². The summed E-state index contributed by atoms with van der Waals surface area (Å²) in [6.07, 6.45) is 2.32. The van der Waals surface area contributed by atoms with Gasteiger partial charge in [-0.15, -0.1) is 11.3 Å². The monoisotopic (exact) mass is 254 g/mol. The predicted molar refractivity (Wildman–Crippen MR) is 74.5 cm³/mol. The van der Waals surface area contributed by atoms with E-state index in [0.29, 0.717) is 6.04 Å². The maximum atomic E-state index is 4.62. The molecule has 2 heterocycles. The maximum Gasteiger partial charge on any atom is 0.157 e. The van der Waals surface area contributed by atoms with E-state index in [2.05, 4.69) is 36.3 Å². The summed E-state index contributed by atoms with van der Waals surface area (Å²) in [6, 6.07) is 5.03. The van der Waals surface area contributed by atoms with E-state index >= 15 is 0 Å². The highest BCUT2D eigenvalue weighted by atomic mass is 32.2. The normalized spacial score (nSPS) is 22.6. The molecule has 1 unspecified atom stereocenters. The van der Waals surface area contributed by atoms with Crippen LogP contribution in [0, 0.1) is 0 Å². The quantitative estimate of drug-likeness (QED) is 0.891. The lowest BCUT2D eigenvalue weighted by Crippen LogP contribution is -2.25. The first-order valence-electron chi connectivity index (χ1n) is 5.83. The van der Waals surface area contributed by atoms with Crippen LogP contribution < -0.4 is 5.32 Å². The highest BCUT2D eigenvalue weighted by Crippen LogP contribution is 2.20. The summed E-state index contributed by atoms with van der Waals surface area (Å²) in [5, 5.41) is 4.57. The van der Waals surface area contributed by atoms with Crippen LogP contribution in [0.2, 0.25) is 0 Å². The van der Waals surface area contributed by atoms with E-state index in [0.717, 1.165) is 18.1 Å². The van der Waals surface area contributed by atoms with Gasteiger partial charge in [-0.25, -0.2) is 0 Å². The summed E-state index contributed by atoms with van der Waals surface area (Å²) in [5.74, 6) is 1.17. The minimum Gasteiger partial charge on any atom is -0.361 e. The van der Waals surface area contributed by atoms with Crippen LogP contribution in [0.25, 0.3) is 0 Å². The summed E-state index contributed by atoms with van der Waals surface area (Å²) in [7, 11) is 0. The topological polar surface area (TPSA) is 24.4 Å². The molecule has 0 bridgehead atoms. The van der Waals surface area contributed by atoms with Crippen LogP contribution in [0.4, 0.5) is 0 Å². The van der Waals surface area contributed by atoms with Gasteiger partial charge in [-0.2, -0.15) is 0 Å². The molecular weight excluding hydrogens is 236 g/mol. The number of thiophene rings is 1. The van der Waals surface area contributed by atoms with Gasteiger partial charge < -0.3 is 5.32 Å². The van der Waals surface area contributed by atoms with E-state index in [1.165, 1.54) is 21.9 Å². The number of thioether (sulfide) groups is 1. The standard InChI is InChI=1S/C12H18N2S2/c1-3-9-8-15-12(14-9)13-7-11-6-5-10(4-2)16-11/h5-6,9H,3-4,7-8H2,1-2H3,(H,13,14). The fraction of sp³-hybridized carbons (Fsp3) is 0.583. The Kier molecular flexibility index (Phi) is 4.29. The molecule has 16 heavy (non-hydrogen) atoms. The number of hydrogen-bond acceptors (Lipinski definition) is 3. The molecule has 1 N–H and O–H groups in total. The van der Waals surface area contributed by atoms with Crippen molar-refractivity contribution < 1.29 is 0 Å². The fourth-order valence-electron chi connectivity index (χ4n) is 1.60. The van der Waals surface area contributed by atoms with E-state index in [-0.39, 0.29) is 0 Å². The Balaban J connectivity index is 1.89. The molecule has 2 rings (SSSR count). The van der Waals surface area contributed by atoms with Crippen molar-refractivity contribution in [1.29, 1.82) is 0 Å². The molecule has 88 valence electrons. The zero-order valence-corrected chi connectivity index (χ0v) is 11.5. The SMILES string of the molecule is CCc1ccc(CN=C2NC(CC)CS2)s1. The van der Waals surface area contributed by atoms with Crippen molar-refractivity contribution in [2.45, 2.75) is 39.3 Å². The zero-order chi connectivity index (χ0) is 11.4. The molecule has 0 aliphatic carbocycles. The first-order chi connectivity index (χ1) is 7.81. The lowest BCUT2D eigenvalue weighted by Gasteiger charge is -2.04. The average molecular weight is 254 g/mol. The van der Waals surface area contributed by atoms with Crippen molar-refractivity contribution in [2.75, 3.05) is 5.75 Å². The molecule has 4 heteroatoms. The third-order valence-corrected chi connectivity index (χ3v) is 4.99. The van der Waals surface area contributed by atoms with Gasteiger partial charge in [0.1, 0.15) is 0 Å². The Bertz CT molecular complexity index is 371. The van der Waals surface area contributed by atoms with Crippen molar-refractivity contribution in [1.82, 2.24) is 5.32 Å². The summed E-state index contributed by atoms with van der Waals surface area (Å²) in [6.45, 7) is 5.24. The van der Waals surface area contributed by atoms with Crippen LogP contribution in [-0.2, 0) is 13.0 Å². The second-order valence-electron chi connectivity index (χ2n) is 3.90. The van der Waals surface area contributed by atoms with E-state index in [4.69, 9.17) is 0 Å². The molecule has 0 spiro atoms. The van der Waals surface area contributed by atoms with Gasteiger partial charge in [0.2, 0.25) is 0 Å². The fourth-order valence-corrected chi connectivity index (χ4v) is 3.56. The van der Waals surface area contributed by atoms with E-state index < -0.39 is 0 Å². The van der Waals surface area contributed by atoms with Crippen LogP contribution >= 0.6 is 23.1 Å². The maximum absolute atomic E-state index is 4.62. The number of amidine groups is 1. The van der Waals surface area contributed by atoms with E-state index in [1.54, 1.807) is 0 Å². The first kappa shape index (κ1) is 12.0. The molecule has 2 nitrogen and oxygen atoms in total. The second kappa shape index (κ2) is 5.73. The Morgan fingerprint density at radius 1 is 1.38 bits per heavy atom. The van der Waals surface area contributed by atoms with Crippen LogP contribution in [0.15, 0.2) is 17.1 Å². The van der Waals surface area contributed by atoms with Gasteiger partial charge in [0.15, 0.2) is 5.17 Å². The van der Waals surface area contributed by atoms with Gasteiger partial charge in [-0.05, 0) is 25.0 Å². The number of nitrogens with zero attached hydrogens (tertiary/aromatic N) is 1. The summed E-state index contributed by atoms with van der Waals surface area (Å²) < 4.78 is 0. The van der Waals surface area contributed by atoms with Crippen LogP contribution in [-0.4, -0.2) is 17.0 Å². The first-order valence-corrected chi connectivity index (χ1v) is 7.63. The molecule has 0 saturated carbocycles. The Morgan fingerprint density at radius 3 is 2.81 bits per heavy atom. The minimum absolute atomic E-state index is 0.623. The second-order valence-corrected chi connectivity index (χ2v) is 6.17. The molecule has 1 aliphatic rings. The molecule has 1 fully saturated rings. The van der Waals surface area contributed by atoms with Crippen LogP contribution in [0.1, 0.15) is 30.0 Å². The van der Waals surface area contributed by atoms with Crippen molar-refractivity contribution in [3.63, 3.8) is 0 Å². The number of rotatable bonds is 4. The molecule has 0 amide bonds. The number of aryl methyl sites for hydroxylation is 1. The van der Waals surface area contributed by atoms with Crippen molar-refractivity contribution in [2.24, 2.45) is 4.99 Å². The molecule has 0 aromatic carbocycles. The number of hydrogen-bond donors (Lipinski definition) is 1. The van der Waals surface area contributed by atoms with Gasteiger partial charge >= 0.3 is 0 Å². The highest BCUT2D eigenvalue weighted by Gasteiger charge is 2.17. The molecule has 1 saturated heterocycles. The van der Waals surface area contributed by atoms with Gasteiger partial charge in [-0.1, -0.05) is 25.6 Å². The highest BCUT2D eigenvalue weighted by molar-refractivity contribution is 8.14. The molecule has 1 aromatic heterocycles. The zero-order valence-electron chi connectivity index (χ0n) is 9.82. The number of nitrogens with one attached hydrogen (secondary N) is 1. The largest absolute Gasteiger partial charge is 0.361 e. The van der Waals surface area contributed by atoms with Crippen molar-refractivity contribution in [3.8, 4) is 0 Å². The predicted octanol–water partition coefficient (Wildman–Crippen LogP) is 3.28. The third kappa shape index (κ3) is 3.01. The Hall–Kier alpha value is -0.480. The van der Waals surface area contributed by atoms with Crippen LogP contribution in [0.3, 0.4) is 0 Å². The smallest absolute Gasteiger partial charge is 0.157 e. The minimum atomic E-state index is 0.623. The molecule has 0 radical (unpaired) electrons. The van der Waals surface area contributed by atoms with E-state index in [9.17, 15) is 0 Å². The Morgan fingerprint density at radius 2 is 2.19 bits per heavy atom. The van der Waals surface area contributed by atoms with Crippen molar-refractivity contribution >= 4 is 28.3 Å². The summed E-state index contributed by atoms with van der Waals surface area (Å²) >= 11 is 3.73. The van der Waals surface area contributed by atoms with Gasteiger partial charge in [0, 0.05) is 21.5 Å². The number of aliphatic imine (C=N–C) groups is 1.